The summed E-state index contributed by atoms with van der Waals surface area (Å²) >= 11 is 0. The van der Waals surface area contributed by atoms with Gasteiger partial charge in [-0.15, -0.1) is 0 Å². The van der Waals surface area contributed by atoms with Crippen LogP contribution in [-0.4, -0.2) is 63.7 Å². The van der Waals surface area contributed by atoms with Crippen LogP contribution in [0.4, 0.5) is 9.59 Å². The summed E-state index contributed by atoms with van der Waals surface area (Å²) in [7, 11) is 0. The first kappa shape index (κ1) is 13.9. The van der Waals surface area contributed by atoms with Crippen LogP contribution in [0.3, 0.4) is 0 Å². The number of carbonyl (C=O) groups excluding carboxylic acids is 1. The van der Waals surface area contributed by atoms with Gasteiger partial charge in [0.15, 0.2) is 5.78 Å². The number of ketones is 1. The van der Waals surface area contributed by atoms with E-state index in [1.54, 1.807) is 30.3 Å². The fourth-order valence-corrected chi connectivity index (χ4v) is 2.20. The lowest BCUT2D eigenvalue weighted by Gasteiger charge is -2.37. The number of piperazine rings is 1. The second-order valence-corrected chi connectivity index (χ2v) is 4.45. The van der Waals surface area contributed by atoms with Crippen LogP contribution in [-0.2, 0) is 0 Å². The molecule has 106 valence electrons. The van der Waals surface area contributed by atoms with E-state index in [0.29, 0.717) is 5.56 Å². The third kappa shape index (κ3) is 2.71. The summed E-state index contributed by atoms with van der Waals surface area (Å²) in [6, 6.07) is 7.27. The molecule has 1 heterocycles. The topological polar surface area (TPSA) is 98.2 Å². The van der Waals surface area contributed by atoms with Crippen molar-refractivity contribution < 1.29 is 24.6 Å². The number of hydrogen-bond acceptors (Lipinski definition) is 3. The zero-order valence-corrected chi connectivity index (χ0v) is 10.6. The van der Waals surface area contributed by atoms with Crippen molar-refractivity contribution in [1.82, 2.24) is 9.80 Å². The van der Waals surface area contributed by atoms with E-state index in [1.807, 2.05) is 0 Å². The van der Waals surface area contributed by atoms with Crippen LogP contribution in [0.2, 0.25) is 0 Å². The Morgan fingerprint density at radius 2 is 1.65 bits per heavy atom. The largest absolute Gasteiger partial charge is 0.465 e. The first-order chi connectivity index (χ1) is 9.50. The van der Waals surface area contributed by atoms with E-state index in [0.717, 1.165) is 9.80 Å². The molecule has 1 atom stereocenters. The molecule has 0 bridgehead atoms. The van der Waals surface area contributed by atoms with E-state index in [2.05, 4.69) is 0 Å². The monoisotopic (exact) mass is 278 g/mol. The number of carboxylic acid groups (broad SMARTS) is 2. The maximum atomic E-state index is 12.4. The van der Waals surface area contributed by atoms with Gasteiger partial charge in [-0.25, -0.2) is 9.59 Å². The molecule has 0 aliphatic carbocycles. The summed E-state index contributed by atoms with van der Waals surface area (Å²) in [5.41, 5.74) is 0.371. The van der Waals surface area contributed by atoms with Crippen molar-refractivity contribution in [3.63, 3.8) is 0 Å². The molecular weight excluding hydrogens is 264 g/mol. The van der Waals surface area contributed by atoms with Crippen LogP contribution in [0.1, 0.15) is 10.4 Å². The molecule has 1 aliphatic heterocycles. The van der Waals surface area contributed by atoms with Crippen LogP contribution < -0.4 is 0 Å². The van der Waals surface area contributed by atoms with Gasteiger partial charge in [0.2, 0.25) is 0 Å². The molecule has 0 aromatic heterocycles. The summed E-state index contributed by atoms with van der Waals surface area (Å²) in [5.74, 6) is -0.390. The predicted molar refractivity (Wildman–Crippen MR) is 68.9 cm³/mol. The van der Waals surface area contributed by atoms with Gasteiger partial charge in [-0.05, 0) is 0 Å². The molecule has 2 N–H and O–H groups in total. The highest BCUT2D eigenvalue weighted by Crippen LogP contribution is 2.15. The van der Waals surface area contributed by atoms with Gasteiger partial charge < -0.3 is 15.1 Å². The molecule has 1 aliphatic rings. The van der Waals surface area contributed by atoms with Crippen LogP contribution in [0.25, 0.3) is 0 Å². The molecule has 1 fully saturated rings. The number of nitrogens with zero attached hydrogens (tertiary/aromatic N) is 2. The second-order valence-electron chi connectivity index (χ2n) is 4.45. The Morgan fingerprint density at radius 3 is 2.20 bits per heavy atom. The quantitative estimate of drug-likeness (QED) is 0.792. The van der Waals surface area contributed by atoms with Crippen molar-refractivity contribution in [3.8, 4) is 0 Å². The molecule has 1 aromatic carbocycles. The molecule has 0 spiro atoms. The van der Waals surface area contributed by atoms with Gasteiger partial charge in [-0.1, -0.05) is 30.3 Å². The summed E-state index contributed by atoms with van der Waals surface area (Å²) in [5, 5.41) is 18.1. The fraction of sp³-hybridized carbons (Fsp3) is 0.308. The minimum atomic E-state index is -1.22. The molecule has 1 aromatic rings. The maximum absolute atomic E-state index is 12.4. The summed E-state index contributed by atoms with van der Waals surface area (Å²) in [6.45, 7) is -0.0829. The van der Waals surface area contributed by atoms with Crippen LogP contribution >= 0.6 is 0 Å². The summed E-state index contributed by atoms with van der Waals surface area (Å²) in [4.78, 5) is 36.6. The van der Waals surface area contributed by atoms with Crippen molar-refractivity contribution in [2.24, 2.45) is 0 Å². The van der Waals surface area contributed by atoms with E-state index in [-0.39, 0.29) is 25.4 Å². The highest BCUT2D eigenvalue weighted by Gasteiger charge is 2.37. The van der Waals surface area contributed by atoms with Crippen molar-refractivity contribution >= 4 is 18.0 Å². The van der Waals surface area contributed by atoms with E-state index in [4.69, 9.17) is 10.2 Å². The third-order valence-corrected chi connectivity index (χ3v) is 3.26. The minimum Gasteiger partial charge on any atom is -0.465 e. The average molecular weight is 278 g/mol. The van der Waals surface area contributed by atoms with Crippen LogP contribution in [0, 0.1) is 0 Å². The Kier molecular flexibility index (Phi) is 3.88. The lowest BCUT2D eigenvalue weighted by Crippen LogP contribution is -2.58. The number of carbonyl (C=O) groups is 3. The normalized spacial score (nSPS) is 18.7. The lowest BCUT2D eigenvalue weighted by molar-refractivity contribution is 0.0525. The third-order valence-electron chi connectivity index (χ3n) is 3.26. The van der Waals surface area contributed by atoms with Gasteiger partial charge in [0.25, 0.3) is 0 Å². The molecule has 2 rings (SSSR count). The summed E-state index contributed by atoms with van der Waals surface area (Å²) in [6.07, 6.45) is -2.37. The number of amides is 2. The van der Waals surface area contributed by atoms with E-state index < -0.39 is 18.2 Å². The molecular formula is C13H14N2O5. The number of Topliss-reactive ketones (excluding diaryl/α,β-unsaturated/α-hetero) is 1. The van der Waals surface area contributed by atoms with Gasteiger partial charge in [0.05, 0.1) is 6.54 Å². The van der Waals surface area contributed by atoms with Gasteiger partial charge in [0, 0.05) is 18.7 Å². The standard InChI is InChI=1S/C13H14N2O5/c16-11(9-4-2-1-3-5-9)10-8-14(12(17)18)6-7-15(10)13(19)20/h1-5,10H,6-8H2,(H,17,18)(H,19,20). The van der Waals surface area contributed by atoms with Gasteiger partial charge >= 0.3 is 12.2 Å². The highest BCUT2D eigenvalue weighted by atomic mass is 16.4. The van der Waals surface area contributed by atoms with E-state index >= 15 is 0 Å². The van der Waals surface area contributed by atoms with Crippen molar-refractivity contribution in [2.75, 3.05) is 19.6 Å². The molecule has 1 saturated heterocycles. The van der Waals surface area contributed by atoms with Crippen LogP contribution in [0.15, 0.2) is 30.3 Å². The second kappa shape index (κ2) is 5.60. The predicted octanol–water partition coefficient (Wildman–Crippen LogP) is 1.21. The smallest absolute Gasteiger partial charge is 0.408 e. The molecule has 20 heavy (non-hydrogen) atoms. The van der Waals surface area contributed by atoms with Gasteiger partial charge in [-0.2, -0.15) is 0 Å². The van der Waals surface area contributed by atoms with Crippen LogP contribution in [0.5, 0.6) is 0 Å². The zero-order valence-electron chi connectivity index (χ0n) is 10.6. The molecule has 2 amide bonds. The Balaban J connectivity index is 2.25. The summed E-state index contributed by atoms with van der Waals surface area (Å²) < 4.78 is 0. The molecule has 7 nitrogen and oxygen atoms in total. The molecule has 7 heteroatoms. The Hall–Kier alpha value is -2.57. The Labute approximate surface area is 115 Å². The number of rotatable bonds is 2. The highest BCUT2D eigenvalue weighted by molar-refractivity contribution is 6.01. The molecule has 0 radical (unpaired) electrons. The molecule has 0 saturated carbocycles. The van der Waals surface area contributed by atoms with Gasteiger partial charge in [-0.3, -0.25) is 9.69 Å². The van der Waals surface area contributed by atoms with Gasteiger partial charge in [0.1, 0.15) is 6.04 Å². The van der Waals surface area contributed by atoms with E-state index in [1.165, 1.54) is 0 Å². The van der Waals surface area contributed by atoms with Crippen molar-refractivity contribution in [1.29, 1.82) is 0 Å². The van der Waals surface area contributed by atoms with Crippen molar-refractivity contribution in [3.05, 3.63) is 35.9 Å². The maximum Gasteiger partial charge on any atom is 0.408 e. The Morgan fingerprint density at radius 1 is 1.00 bits per heavy atom. The minimum absolute atomic E-state index is 0.00905. The Bertz CT molecular complexity index is 531. The lowest BCUT2D eigenvalue weighted by atomic mass is 10.0. The SMILES string of the molecule is O=C(c1ccccc1)C1CN(C(=O)O)CCN1C(=O)O. The average Bonchev–Trinajstić information content (AvgIpc) is 2.46. The first-order valence-electron chi connectivity index (χ1n) is 6.07. The first-order valence-corrected chi connectivity index (χ1v) is 6.07. The number of hydrogen-bond donors (Lipinski definition) is 2. The zero-order chi connectivity index (χ0) is 14.7. The van der Waals surface area contributed by atoms with Crippen molar-refractivity contribution in [2.45, 2.75) is 6.04 Å². The fourth-order valence-electron chi connectivity index (χ4n) is 2.20. The van der Waals surface area contributed by atoms with E-state index in [9.17, 15) is 14.4 Å². The molecule has 1 unspecified atom stereocenters. The number of benzene rings is 1.